The van der Waals surface area contributed by atoms with Crippen LogP contribution in [0.1, 0.15) is 36.9 Å². The van der Waals surface area contributed by atoms with E-state index in [2.05, 4.69) is 22.5 Å². The van der Waals surface area contributed by atoms with Crippen LogP contribution in [0.5, 0.6) is 0 Å². The minimum Gasteiger partial charge on any atom is -0.437 e. The number of carbonyl (C=O) groups excluding carboxylic acids is 1. The minimum atomic E-state index is -0.888. The van der Waals surface area contributed by atoms with Gasteiger partial charge in [0.25, 0.3) is 0 Å². The van der Waals surface area contributed by atoms with Crippen LogP contribution in [0.3, 0.4) is 0 Å². The monoisotopic (exact) mass is 435 g/mol. The Morgan fingerprint density at radius 1 is 1.30 bits per heavy atom. The third-order valence-electron chi connectivity index (χ3n) is 5.00. The molecule has 0 aromatic heterocycles. The van der Waals surface area contributed by atoms with Gasteiger partial charge in [-0.25, -0.2) is 13.6 Å². The van der Waals surface area contributed by atoms with E-state index in [-0.39, 0.29) is 11.6 Å². The first-order valence-electron chi connectivity index (χ1n) is 8.68. The Hall–Kier alpha value is -2.21. The summed E-state index contributed by atoms with van der Waals surface area (Å²) in [6.07, 6.45) is 2.07. The molecule has 2 aromatic rings. The molecule has 0 N–H and O–H groups in total. The maximum atomic E-state index is 14.3. The Kier molecular flexibility index (Phi) is 5.65. The largest absolute Gasteiger partial charge is 0.437 e. The minimum absolute atomic E-state index is 0.351. The molecule has 1 amide bonds. The summed E-state index contributed by atoms with van der Waals surface area (Å²) in [6, 6.07) is 10.2. The second-order valence-electron chi connectivity index (χ2n) is 6.65. The van der Waals surface area contributed by atoms with Crippen molar-refractivity contribution in [1.82, 2.24) is 4.90 Å². The fourth-order valence-corrected chi connectivity index (χ4v) is 3.81. The predicted octanol–water partition coefficient (Wildman–Crippen LogP) is 6.10. The van der Waals surface area contributed by atoms with Crippen LogP contribution >= 0.6 is 15.9 Å². The van der Waals surface area contributed by atoms with Crippen LogP contribution in [-0.2, 0) is 10.3 Å². The number of benzene rings is 2. The zero-order chi connectivity index (χ0) is 19.6. The average molecular weight is 436 g/mol. The van der Waals surface area contributed by atoms with Gasteiger partial charge in [-0.3, -0.25) is 0 Å². The fourth-order valence-electron chi connectivity index (χ4n) is 3.48. The van der Waals surface area contributed by atoms with Gasteiger partial charge in [-0.1, -0.05) is 40.2 Å². The Morgan fingerprint density at radius 3 is 2.59 bits per heavy atom. The van der Waals surface area contributed by atoms with Crippen LogP contribution in [0.2, 0.25) is 0 Å². The molecule has 0 unspecified atom stereocenters. The molecule has 1 aliphatic rings. The van der Waals surface area contributed by atoms with Gasteiger partial charge in [-0.15, -0.1) is 6.58 Å². The van der Waals surface area contributed by atoms with Crippen LogP contribution in [0.15, 0.2) is 59.6 Å². The van der Waals surface area contributed by atoms with Crippen molar-refractivity contribution in [2.45, 2.75) is 31.4 Å². The summed E-state index contributed by atoms with van der Waals surface area (Å²) in [5.41, 5.74) is 0.258. The second-order valence-corrected chi connectivity index (χ2v) is 7.56. The zero-order valence-corrected chi connectivity index (χ0v) is 16.5. The predicted molar refractivity (Wildman–Crippen MR) is 103 cm³/mol. The van der Waals surface area contributed by atoms with E-state index in [1.807, 2.05) is 0 Å². The highest BCUT2D eigenvalue weighted by molar-refractivity contribution is 9.10. The van der Waals surface area contributed by atoms with E-state index in [1.54, 1.807) is 37.3 Å². The molecule has 0 radical (unpaired) electrons. The topological polar surface area (TPSA) is 29.5 Å². The summed E-state index contributed by atoms with van der Waals surface area (Å²) in [5, 5.41) is 0. The highest BCUT2D eigenvalue weighted by atomic mass is 79.9. The molecule has 3 rings (SSSR count). The maximum absolute atomic E-state index is 14.3. The first kappa shape index (κ1) is 19.5. The van der Waals surface area contributed by atoms with Crippen LogP contribution in [0.25, 0.3) is 0 Å². The fraction of sp³-hybridized carbons (Fsp3) is 0.286. The molecular formula is C21H20BrF2NO2. The maximum Gasteiger partial charge on any atom is 0.411 e. The summed E-state index contributed by atoms with van der Waals surface area (Å²) in [7, 11) is 0. The molecule has 0 aliphatic carbocycles. The molecule has 2 aromatic carbocycles. The Balaban J connectivity index is 1.85. The van der Waals surface area contributed by atoms with Crippen LogP contribution in [0, 0.1) is 11.6 Å². The highest BCUT2D eigenvalue weighted by Crippen LogP contribution is 2.40. The summed E-state index contributed by atoms with van der Waals surface area (Å²) in [5.74, 6) is -0.735. The van der Waals surface area contributed by atoms with Crippen LogP contribution in [-0.4, -0.2) is 17.5 Å². The van der Waals surface area contributed by atoms with E-state index in [1.165, 1.54) is 23.1 Å². The molecule has 1 fully saturated rings. The first-order valence-corrected chi connectivity index (χ1v) is 9.47. The van der Waals surface area contributed by atoms with Gasteiger partial charge in [0.05, 0.1) is 6.04 Å². The molecule has 1 aliphatic heterocycles. The van der Waals surface area contributed by atoms with Gasteiger partial charge in [0.2, 0.25) is 0 Å². The van der Waals surface area contributed by atoms with E-state index in [9.17, 15) is 13.6 Å². The molecule has 1 saturated heterocycles. The summed E-state index contributed by atoms with van der Waals surface area (Å²) in [6.45, 7) is 5.92. The van der Waals surface area contributed by atoms with Gasteiger partial charge in [0.15, 0.2) is 0 Å². The quantitative estimate of drug-likeness (QED) is 0.530. The first-order chi connectivity index (χ1) is 12.9. The van der Waals surface area contributed by atoms with Crippen molar-refractivity contribution < 1.29 is 18.3 Å². The van der Waals surface area contributed by atoms with Crippen molar-refractivity contribution in [2.24, 2.45) is 0 Å². The smallest absolute Gasteiger partial charge is 0.411 e. The van der Waals surface area contributed by atoms with Gasteiger partial charge >= 0.3 is 6.09 Å². The van der Waals surface area contributed by atoms with Crippen molar-refractivity contribution in [1.29, 1.82) is 0 Å². The van der Waals surface area contributed by atoms with Crippen LogP contribution < -0.4 is 0 Å². The normalized spacial score (nSPS) is 20.9. The number of hydrogen-bond donors (Lipinski definition) is 0. The Morgan fingerprint density at radius 2 is 2.00 bits per heavy atom. The number of amides is 1. The number of cyclic esters (lactones) is 1. The highest BCUT2D eigenvalue weighted by Gasteiger charge is 2.43. The van der Waals surface area contributed by atoms with Crippen molar-refractivity contribution in [3.8, 4) is 0 Å². The number of halogens is 3. The Labute approximate surface area is 165 Å². The lowest BCUT2D eigenvalue weighted by molar-refractivity contribution is -0.0590. The van der Waals surface area contributed by atoms with Crippen molar-refractivity contribution >= 4 is 22.0 Å². The molecule has 0 spiro atoms. The summed E-state index contributed by atoms with van der Waals surface area (Å²) in [4.78, 5) is 14.3. The van der Waals surface area contributed by atoms with Crippen molar-refractivity contribution in [3.63, 3.8) is 0 Å². The zero-order valence-electron chi connectivity index (χ0n) is 14.9. The third-order valence-corrected chi connectivity index (χ3v) is 5.49. The van der Waals surface area contributed by atoms with Gasteiger partial charge in [0.1, 0.15) is 17.2 Å². The van der Waals surface area contributed by atoms with Crippen molar-refractivity contribution in [2.75, 3.05) is 6.54 Å². The molecule has 6 heteroatoms. The van der Waals surface area contributed by atoms with E-state index in [4.69, 9.17) is 4.74 Å². The molecule has 2 atom stereocenters. The van der Waals surface area contributed by atoms with E-state index >= 15 is 0 Å². The SMILES string of the molecule is C=CC[C@]1(c2ccc(F)cc2)CCN([C@@H](C)c2ccc(Br)cc2F)C(=O)O1. The lowest BCUT2D eigenvalue weighted by atomic mass is 9.85. The van der Waals surface area contributed by atoms with E-state index in [0.717, 1.165) is 5.56 Å². The van der Waals surface area contributed by atoms with Crippen LogP contribution in [0.4, 0.5) is 13.6 Å². The molecule has 0 bridgehead atoms. The third kappa shape index (κ3) is 3.90. The van der Waals surface area contributed by atoms with E-state index in [0.29, 0.717) is 29.4 Å². The summed E-state index contributed by atoms with van der Waals surface area (Å²) >= 11 is 3.24. The molecular weight excluding hydrogens is 416 g/mol. The second kappa shape index (κ2) is 7.80. The standard InChI is InChI=1S/C21H20BrF2NO2/c1-3-10-21(15-4-7-17(23)8-5-15)11-12-25(20(26)27-21)14(2)18-9-6-16(22)13-19(18)24/h3-9,13-14H,1,10-12H2,2H3/t14-,21+/m0/s1. The van der Waals surface area contributed by atoms with E-state index < -0.39 is 17.7 Å². The van der Waals surface area contributed by atoms with Gasteiger partial charge in [0, 0.05) is 29.4 Å². The number of hydrogen-bond acceptors (Lipinski definition) is 2. The number of ether oxygens (including phenoxy) is 1. The number of nitrogens with zero attached hydrogens (tertiary/aromatic N) is 1. The molecule has 0 saturated carbocycles. The van der Waals surface area contributed by atoms with Gasteiger partial charge in [-0.05, 0) is 36.8 Å². The van der Waals surface area contributed by atoms with Gasteiger partial charge in [-0.2, -0.15) is 0 Å². The van der Waals surface area contributed by atoms with Gasteiger partial charge < -0.3 is 9.64 Å². The lowest BCUT2D eigenvalue weighted by Crippen LogP contribution is -2.48. The van der Waals surface area contributed by atoms with Crippen molar-refractivity contribution in [3.05, 3.63) is 82.4 Å². The lowest BCUT2D eigenvalue weighted by Gasteiger charge is -2.43. The molecule has 3 nitrogen and oxygen atoms in total. The average Bonchev–Trinajstić information content (AvgIpc) is 2.62. The molecule has 1 heterocycles. The summed E-state index contributed by atoms with van der Waals surface area (Å²) < 4.78 is 34.0. The number of rotatable bonds is 5. The molecule has 27 heavy (non-hydrogen) atoms. The Bertz CT molecular complexity index is 856. The molecule has 142 valence electrons. The number of carbonyl (C=O) groups is 1.